The van der Waals surface area contributed by atoms with Crippen molar-refractivity contribution in [1.29, 1.82) is 0 Å². The van der Waals surface area contributed by atoms with Gasteiger partial charge in [-0.1, -0.05) is 31.5 Å². The third kappa shape index (κ3) is 5.89. The summed E-state index contributed by atoms with van der Waals surface area (Å²) in [6, 6.07) is 6.45. The Hall–Kier alpha value is -0.510. The average molecular weight is 267 g/mol. The summed E-state index contributed by atoms with van der Waals surface area (Å²) in [5.74, 6) is 1.37. The Balaban J connectivity index is 2.33. The first kappa shape index (κ1) is 15.5. The summed E-state index contributed by atoms with van der Waals surface area (Å²) in [6.45, 7) is 10.2. The molecule has 2 N–H and O–H groups in total. The van der Waals surface area contributed by atoms with Crippen LogP contribution in [0.5, 0.6) is 0 Å². The number of aryl methyl sites for hydroxylation is 2. The molecule has 0 fully saturated rings. The molecular formula is C15H25NOS. The predicted molar refractivity (Wildman–Crippen MR) is 80.4 cm³/mol. The van der Waals surface area contributed by atoms with Crippen LogP contribution in [-0.4, -0.2) is 30.1 Å². The lowest BCUT2D eigenvalue weighted by Crippen LogP contribution is -2.31. The molecule has 18 heavy (non-hydrogen) atoms. The SMILES string of the molecule is Cc1ccc(C)c(SCC(O)CNCC(C)C)c1. The number of aliphatic hydroxyl groups excluding tert-OH is 1. The molecule has 0 aliphatic carbocycles. The molecule has 102 valence electrons. The van der Waals surface area contributed by atoms with E-state index in [2.05, 4.69) is 51.2 Å². The van der Waals surface area contributed by atoms with Crippen LogP contribution in [0.2, 0.25) is 0 Å². The van der Waals surface area contributed by atoms with E-state index >= 15 is 0 Å². The molecule has 3 heteroatoms. The average Bonchev–Trinajstić information content (AvgIpc) is 2.30. The second-order valence-corrected chi connectivity index (χ2v) is 6.35. The summed E-state index contributed by atoms with van der Waals surface area (Å²) in [5, 5.41) is 13.2. The highest BCUT2D eigenvalue weighted by Gasteiger charge is 2.07. The molecular weight excluding hydrogens is 242 g/mol. The van der Waals surface area contributed by atoms with E-state index < -0.39 is 0 Å². The molecule has 0 aliphatic heterocycles. The summed E-state index contributed by atoms with van der Waals surface area (Å²) in [7, 11) is 0. The zero-order chi connectivity index (χ0) is 13.5. The van der Waals surface area contributed by atoms with Crippen molar-refractivity contribution in [2.45, 2.75) is 38.7 Å². The zero-order valence-electron chi connectivity index (χ0n) is 11.9. The number of hydrogen-bond donors (Lipinski definition) is 2. The Morgan fingerprint density at radius 3 is 2.61 bits per heavy atom. The Labute approximate surface area is 115 Å². The number of benzene rings is 1. The van der Waals surface area contributed by atoms with Crippen molar-refractivity contribution in [3.63, 3.8) is 0 Å². The first-order valence-electron chi connectivity index (χ1n) is 6.58. The minimum absolute atomic E-state index is 0.284. The van der Waals surface area contributed by atoms with Crippen LogP contribution >= 0.6 is 11.8 Å². The Morgan fingerprint density at radius 2 is 1.94 bits per heavy atom. The molecule has 1 atom stereocenters. The van der Waals surface area contributed by atoms with Crippen molar-refractivity contribution >= 4 is 11.8 Å². The van der Waals surface area contributed by atoms with Gasteiger partial charge in [-0.05, 0) is 37.9 Å². The lowest BCUT2D eigenvalue weighted by Gasteiger charge is -2.14. The maximum atomic E-state index is 9.90. The Morgan fingerprint density at radius 1 is 1.22 bits per heavy atom. The highest BCUT2D eigenvalue weighted by atomic mass is 32.2. The Bertz CT molecular complexity index is 366. The fourth-order valence-electron chi connectivity index (χ4n) is 1.65. The fourth-order valence-corrected chi connectivity index (χ4v) is 2.70. The van der Waals surface area contributed by atoms with Gasteiger partial charge in [0.25, 0.3) is 0 Å². The minimum atomic E-state index is -0.284. The van der Waals surface area contributed by atoms with Gasteiger partial charge in [0, 0.05) is 17.2 Å². The van der Waals surface area contributed by atoms with Crippen LogP contribution in [0.1, 0.15) is 25.0 Å². The lowest BCUT2D eigenvalue weighted by atomic mass is 10.2. The van der Waals surface area contributed by atoms with Gasteiger partial charge in [-0.25, -0.2) is 0 Å². The first-order valence-corrected chi connectivity index (χ1v) is 7.56. The highest BCUT2D eigenvalue weighted by Crippen LogP contribution is 2.23. The molecule has 0 spiro atoms. The summed E-state index contributed by atoms with van der Waals surface area (Å²) in [5.41, 5.74) is 2.56. The van der Waals surface area contributed by atoms with E-state index in [1.165, 1.54) is 16.0 Å². The van der Waals surface area contributed by atoms with Crippen LogP contribution in [0, 0.1) is 19.8 Å². The standard InChI is InChI=1S/C15H25NOS/c1-11(2)8-16-9-14(17)10-18-15-7-12(3)5-6-13(15)4/h5-7,11,14,16-17H,8-10H2,1-4H3. The molecule has 1 rings (SSSR count). The topological polar surface area (TPSA) is 32.3 Å². The van der Waals surface area contributed by atoms with Gasteiger partial charge in [0.05, 0.1) is 6.10 Å². The fraction of sp³-hybridized carbons (Fsp3) is 0.600. The molecule has 1 aromatic rings. The third-order valence-corrected chi connectivity index (χ3v) is 4.01. The van der Waals surface area contributed by atoms with E-state index in [1.54, 1.807) is 11.8 Å². The smallest absolute Gasteiger partial charge is 0.0758 e. The van der Waals surface area contributed by atoms with Crippen LogP contribution in [0.15, 0.2) is 23.1 Å². The van der Waals surface area contributed by atoms with Gasteiger partial charge < -0.3 is 10.4 Å². The number of hydrogen-bond acceptors (Lipinski definition) is 3. The number of rotatable bonds is 7. The van der Waals surface area contributed by atoms with Gasteiger partial charge in [0.15, 0.2) is 0 Å². The quantitative estimate of drug-likeness (QED) is 0.745. The van der Waals surface area contributed by atoms with E-state index in [9.17, 15) is 5.11 Å². The van der Waals surface area contributed by atoms with Crippen LogP contribution in [0.25, 0.3) is 0 Å². The van der Waals surface area contributed by atoms with E-state index in [0.29, 0.717) is 12.5 Å². The summed E-state index contributed by atoms with van der Waals surface area (Å²) in [6.07, 6.45) is -0.284. The predicted octanol–water partition coefficient (Wildman–Crippen LogP) is 3.00. The third-order valence-electron chi connectivity index (χ3n) is 2.71. The molecule has 2 nitrogen and oxygen atoms in total. The normalized spacial score (nSPS) is 13.0. The van der Waals surface area contributed by atoms with E-state index in [4.69, 9.17) is 0 Å². The molecule has 1 unspecified atom stereocenters. The van der Waals surface area contributed by atoms with Crippen LogP contribution in [0.3, 0.4) is 0 Å². The number of nitrogens with one attached hydrogen (secondary N) is 1. The van der Waals surface area contributed by atoms with Crippen LogP contribution < -0.4 is 5.32 Å². The Kier molecular flexibility index (Phi) is 6.76. The molecule has 0 saturated heterocycles. The van der Waals surface area contributed by atoms with Crippen molar-refractivity contribution in [3.8, 4) is 0 Å². The molecule has 0 bridgehead atoms. The van der Waals surface area contributed by atoms with Crippen molar-refractivity contribution in [2.75, 3.05) is 18.8 Å². The maximum Gasteiger partial charge on any atom is 0.0758 e. The van der Waals surface area contributed by atoms with Gasteiger partial charge in [0.1, 0.15) is 0 Å². The molecule has 0 aliphatic rings. The van der Waals surface area contributed by atoms with Gasteiger partial charge in [-0.2, -0.15) is 0 Å². The van der Waals surface area contributed by atoms with Gasteiger partial charge in [-0.15, -0.1) is 11.8 Å². The van der Waals surface area contributed by atoms with Crippen molar-refractivity contribution in [2.24, 2.45) is 5.92 Å². The van der Waals surface area contributed by atoms with Crippen LogP contribution in [0.4, 0.5) is 0 Å². The highest BCUT2D eigenvalue weighted by molar-refractivity contribution is 7.99. The molecule has 0 amide bonds. The summed E-state index contributed by atoms with van der Waals surface area (Å²) < 4.78 is 0. The molecule has 0 radical (unpaired) electrons. The van der Waals surface area contributed by atoms with Gasteiger partial charge in [0.2, 0.25) is 0 Å². The van der Waals surface area contributed by atoms with Crippen LogP contribution in [-0.2, 0) is 0 Å². The van der Waals surface area contributed by atoms with Gasteiger partial charge in [-0.3, -0.25) is 0 Å². The van der Waals surface area contributed by atoms with Crippen molar-refractivity contribution < 1.29 is 5.11 Å². The lowest BCUT2D eigenvalue weighted by molar-refractivity contribution is 0.194. The zero-order valence-corrected chi connectivity index (χ0v) is 12.7. The number of aliphatic hydroxyl groups is 1. The summed E-state index contributed by atoms with van der Waals surface area (Å²) in [4.78, 5) is 1.28. The molecule has 0 aromatic heterocycles. The van der Waals surface area contributed by atoms with Crippen molar-refractivity contribution in [3.05, 3.63) is 29.3 Å². The molecule has 1 aromatic carbocycles. The molecule has 0 heterocycles. The van der Waals surface area contributed by atoms with Gasteiger partial charge >= 0.3 is 0 Å². The number of thioether (sulfide) groups is 1. The van der Waals surface area contributed by atoms with E-state index in [-0.39, 0.29) is 6.10 Å². The summed E-state index contributed by atoms with van der Waals surface area (Å²) >= 11 is 1.74. The largest absolute Gasteiger partial charge is 0.391 e. The second-order valence-electron chi connectivity index (χ2n) is 5.29. The maximum absolute atomic E-state index is 9.90. The second kappa shape index (κ2) is 7.82. The van der Waals surface area contributed by atoms with E-state index in [1.807, 2.05) is 0 Å². The minimum Gasteiger partial charge on any atom is -0.391 e. The first-order chi connectivity index (χ1) is 8.49. The van der Waals surface area contributed by atoms with E-state index in [0.717, 1.165) is 12.3 Å². The van der Waals surface area contributed by atoms with Crippen molar-refractivity contribution in [1.82, 2.24) is 5.32 Å². The molecule has 0 saturated carbocycles. The monoisotopic (exact) mass is 267 g/mol.